The summed E-state index contributed by atoms with van der Waals surface area (Å²) >= 11 is 0. The first-order valence-corrected chi connectivity index (χ1v) is 19.2. The van der Waals surface area contributed by atoms with Crippen LogP contribution in [0.2, 0.25) is 0 Å². The summed E-state index contributed by atoms with van der Waals surface area (Å²) in [5, 5.41) is 9.99. The molecule has 0 aromatic heterocycles. The van der Waals surface area contributed by atoms with E-state index in [-0.39, 0.29) is 70.5 Å². The van der Waals surface area contributed by atoms with E-state index in [9.17, 15) is 19.4 Å². The average molecular weight is 664 g/mol. The highest BCUT2D eigenvalue weighted by Gasteiger charge is 2.63. The van der Waals surface area contributed by atoms with Gasteiger partial charge in [0.05, 0.1) is 25.4 Å². The van der Waals surface area contributed by atoms with Gasteiger partial charge in [-0.2, -0.15) is 5.26 Å². The zero-order valence-corrected chi connectivity index (χ0v) is 32.5. The third kappa shape index (κ3) is 8.82. The lowest BCUT2D eigenvalue weighted by molar-refractivity contribution is -0.156. The van der Waals surface area contributed by atoms with Crippen molar-refractivity contribution in [3.8, 4) is 6.07 Å². The molecule has 0 aromatic carbocycles. The zero-order valence-electron chi connectivity index (χ0n) is 31.6. The molecule has 0 unspecified atom stereocenters. The molecular weight excluding hydrogens is 597 g/mol. The van der Waals surface area contributed by atoms with Crippen LogP contribution in [-0.2, 0) is 27.7 Å². The van der Waals surface area contributed by atoms with E-state index in [1.807, 2.05) is 19.9 Å². The number of rotatable bonds is 18. The third-order valence-electron chi connectivity index (χ3n) is 12.4. The predicted molar refractivity (Wildman–Crippen MR) is 186 cm³/mol. The molecule has 0 aliphatic heterocycles. The minimum absolute atomic E-state index is 0.0379. The first kappa shape index (κ1) is 40.9. The van der Waals surface area contributed by atoms with Crippen LogP contribution in [0.1, 0.15) is 148 Å². The van der Waals surface area contributed by atoms with Crippen LogP contribution in [0.15, 0.2) is 11.6 Å². The fraction of sp³-hybridized carbons (Fsp3) is 0.868. The third-order valence-corrected chi connectivity index (χ3v) is 14.0. The first-order chi connectivity index (χ1) is 21.0. The fourth-order valence-corrected chi connectivity index (χ4v) is 10.3. The van der Waals surface area contributed by atoms with Crippen molar-refractivity contribution in [3.05, 3.63) is 11.6 Å². The monoisotopic (exact) mass is 663 g/mol. The highest BCUT2D eigenvalue weighted by Crippen LogP contribution is 2.68. The van der Waals surface area contributed by atoms with Crippen molar-refractivity contribution < 1.29 is 27.7 Å². The highest BCUT2D eigenvalue weighted by atomic mass is 31.2. The minimum Gasteiger partial charge on any atom is -0.300 e. The molecule has 7 nitrogen and oxygen atoms in total. The lowest BCUT2D eigenvalue weighted by Crippen LogP contribution is -2.60. The zero-order chi connectivity index (χ0) is 35.4. The summed E-state index contributed by atoms with van der Waals surface area (Å²) < 4.78 is 30.4. The van der Waals surface area contributed by atoms with Gasteiger partial charge in [0.1, 0.15) is 11.9 Å². The van der Waals surface area contributed by atoms with Crippen LogP contribution in [0.4, 0.5) is 0 Å². The van der Waals surface area contributed by atoms with E-state index in [1.165, 1.54) is 0 Å². The Labute approximate surface area is 281 Å². The van der Waals surface area contributed by atoms with Crippen molar-refractivity contribution in [1.82, 2.24) is 0 Å². The molecule has 0 saturated heterocycles. The van der Waals surface area contributed by atoms with E-state index in [1.54, 1.807) is 20.8 Å². The number of allylic oxidation sites excluding steroid dienone is 2. The maximum absolute atomic E-state index is 13.4. The van der Waals surface area contributed by atoms with Crippen molar-refractivity contribution in [2.24, 2.45) is 44.3 Å². The predicted octanol–water partition coefficient (Wildman–Crippen LogP) is 10.7. The quantitative estimate of drug-likeness (QED) is 0.134. The summed E-state index contributed by atoms with van der Waals surface area (Å²) in [6, 6.07) is 2.20. The lowest BCUT2D eigenvalue weighted by atomic mass is 9.39. The Morgan fingerprint density at radius 3 is 2.02 bits per heavy atom. The Morgan fingerprint density at radius 2 is 1.52 bits per heavy atom. The molecule has 0 radical (unpaired) electrons. The number of hydrogen-bond acceptors (Lipinski definition) is 7. The van der Waals surface area contributed by atoms with Crippen LogP contribution in [0.5, 0.6) is 0 Å². The molecule has 0 aromatic rings. The van der Waals surface area contributed by atoms with Gasteiger partial charge in [-0.25, -0.2) is 4.57 Å². The summed E-state index contributed by atoms with van der Waals surface area (Å²) in [7, 11) is -3.67. The van der Waals surface area contributed by atoms with E-state index in [4.69, 9.17) is 13.6 Å². The highest BCUT2D eigenvalue weighted by molar-refractivity contribution is 7.48. The number of hydrogen-bond donors (Lipinski definition) is 0. The standard InChI is InChI=1S/C38H66NO6P/c1-14-18-33(5,6)20-22-36(11,27-45-46(42,43-15-2)44-16-3)23-21-34(7,8)38(13)19-17-30-35(9,10)32(41)29(26-39)25-37(30,12)31(38)24-28(4)40/h25,30-31H,14-24,27H2,1-13H3/t30-,31+,36-,37-,38+/m0/s1. The summed E-state index contributed by atoms with van der Waals surface area (Å²) in [6.07, 6.45) is 9.98. The number of nitriles is 1. The van der Waals surface area contributed by atoms with E-state index < -0.39 is 18.7 Å². The van der Waals surface area contributed by atoms with E-state index in [2.05, 4.69) is 61.5 Å². The molecule has 2 rings (SSSR count). The summed E-state index contributed by atoms with van der Waals surface area (Å²) in [5.41, 5.74) is -1.47. The molecular formula is C38H66NO6P. The normalized spacial score (nSPS) is 28.2. The molecule has 5 atom stereocenters. The van der Waals surface area contributed by atoms with Gasteiger partial charge in [0.2, 0.25) is 0 Å². The molecule has 2 aliphatic rings. The smallest absolute Gasteiger partial charge is 0.300 e. The molecule has 8 heteroatoms. The van der Waals surface area contributed by atoms with Gasteiger partial charge in [-0.3, -0.25) is 18.4 Å². The van der Waals surface area contributed by atoms with Crippen molar-refractivity contribution in [3.63, 3.8) is 0 Å². The van der Waals surface area contributed by atoms with Crippen LogP contribution in [-0.4, -0.2) is 31.4 Å². The second-order valence-corrected chi connectivity index (χ2v) is 18.9. The van der Waals surface area contributed by atoms with Crippen molar-refractivity contribution in [1.29, 1.82) is 5.26 Å². The second-order valence-electron chi connectivity index (χ2n) is 17.2. The van der Waals surface area contributed by atoms with Crippen LogP contribution in [0.25, 0.3) is 0 Å². The molecule has 0 heterocycles. The minimum atomic E-state index is -3.67. The summed E-state index contributed by atoms with van der Waals surface area (Å²) in [6.45, 7) is 28.2. The Bertz CT molecular complexity index is 1200. The maximum atomic E-state index is 13.4. The van der Waals surface area contributed by atoms with E-state index in [0.29, 0.717) is 6.42 Å². The molecule has 1 saturated carbocycles. The fourth-order valence-electron chi connectivity index (χ4n) is 8.98. The van der Waals surface area contributed by atoms with Gasteiger partial charge in [0, 0.05) is 11.8 Å². The van der Waals surface area contributed by atoms with Gasteiger partial charge in [-0.15, -0.1) is 0 Å². The Morgan fingerprint density at radius 1 is 0.957 bits per heavy atom. The molecule has 0 bridgehead atoms. The summed E-state index contributed by atoms with van der Waals surface area (Å²) in [4.78, 5) is 26.3. The topological polar surface area (TPSA) is 103 Å². The van der Waals surface area contributed by atoms with Crippen molar-refractivity contribution >= 4 is 19.4 Å². The number of Topliss-reactive ketones (excluding diaryl/α,β-unsaturated/α-hetero) is 2. The average Bonchev–Trinajstić information content (AvgIpc) is 2.94. The number of ketones is 2. The van der Waals surface area contributed by atoms with Gasteiger partial charge in [0.15, 0.2) is 5.78 Å². The van der Waals surface area contributed by atoms with Crippen LogP contribution in [0.3, 0.4) is 0 Å². The largest absolute Gasteiger partial charge is 0.474 e. The number of carbonyl (C=O) groups is 2. The van der Waals surface area contributed by atoms with Gasteiger partial charge in [-0.05, 0) is 105 Å². The number of phosphoric ester groups is 1. The molecule has 2 aliphatic carbocycles. The molecule has 264 valence electrons. The van der Waals surface area contributed by atoms with Crippen LogP contribution >= 0.6 is 7.82 Å². The Balaban J connectivity index is 2.51. The Hall–Kier alpha value is -1.32. The van der Waals surface area contributed by atoms with Gasteiger partial charge in [0.25, 0.3) is 0 Å². The number of phosphoric acid groups is 1. The molecule has 0 spiro atoms. The SMILES string of the molecule is CCCC(C)(C)CC[C@@](C)(CCC(C)(C)[C@]1(C)CC[C@H]2C(C)(C)C(=O)C(C#N)=C[C@]2(C)[C@H]1CC(C)=O)COP(=O)(OCC)OCC. The van der Waals surface area contributed by atoms with Crippen LogP contribution in [0, 0.1) is 55.7 Å². The van der Waals surface area contributed by atoms with Crippen molar-refractivity contribution in [2.75, 3.05) is 19.8 Å². The van der Waals surface area contributed by atoms with Crippen LogP contribution < -0.4 is 0 Å². The van der Waals surface area contributed by atoms with E-state index >= 15 is 0 Å². The molecule has 46 heavy (non-hydrogen) atoms. The summed E-state index contributed by atoms with van der Waals surface area (Å²) in [5.74, 6) is 0.0576. The Kier molecular flexibility index (Phi) is 13.4. The second kappa shape index (κ2) is 15.1. The maximum Gasteiger partial charge on any atom is 0.474 e. The van der Waals surface area contributed by atoms with Gasteiger partial charge in [-0.1, -0.05) is 81.7 Å². The number of fused-ring (bicyclic) bond motifs is 1. The number of nitrogens with zero attached hydrogens (tertiary/aromatic N) is 1. The molecule has 0 amide bonds. The lowest BCUT2D eigenvalue weighted by Gasteiger charge is -2.64. The first-order valence-electron chi connectivity index (χ1n) is 17.7. The number of carbonyl (C=O) groups excluding carboxylic acids is 2. The van der Waals surface area contributed by atoms with Gasteiger partial charge >= 0.3 is 7.82 Å². The molecule has 0 N–H and O–H groups in total. The van der Waals surface area contributed by atoms with Crippen molar-refractivity contribution in [2.45, 2.75) is 148 Å². The molecule has 1 fully saturated rings. The van der Waals surface area contributed by atoms with Gasteiger partial charge < -0.3 is 4.79 Å². The van der Waals surface area contributed by atoms with E-state index in [0.717, 1.165) is 51.4 Å².